The predicted octanol–water partition coefficient (Wildman–Crippen LogP) is 3.90. The zero-order chi connectivity index (χ0) is 19.8. The quantitative estimate of drug-likeness (QED) is 0.740. The smallest absolute Gasteiger partial charge is 0.336 e. The van der Waals surface area contributed by atoms with Crippen molar-refractivity contribution in [2.75, 3.05) is 18.4 Å². The highest BCUT2D eigenvalue weighted by Crippen LogP contribution is 2.15. The number of aromatic carboxylic acids is 1. The number of carbonyl (C=O) groups excluding carboxylic acids is 2. The molecule has 0 aromatic heterocycles. The molecule has 0 aliphatic rings. The Morgan fingerprint density at radius 2 is 1.44 bits per heavy atom. The number of hydrogen-bond donors (Lipinski definition) is 2. The van der Waals surface area contributed by atoms with Crippen LogP contribution in [0.4, 0.5) is 5.69 Å². The third-order valence-corrected chi connectivity index (χ3v) is 4.07. The number of carboxylic acid groups (broad SMARTS) is 1. The maximum atomic E-state index is 12.6. The number of nitrogens with zero attached hydrogens (tertiary/aromatic N) is 1. The van der Waals surface area contributed by atoms with Crippen LogP contribution >= 0.6 is 0 Å². The van der Waals surface area contributed by atoms with Gasteiger partial charge < -0.3 is 15.3 Å². The van der Waals surface area contributed by atoms with Gasteiger partial charge in [0.1, 0.15) is 0 Å². The van der Waals surface area contributed by atoms with Crippen molar-refractivity contribution in [3.05, 3.63) is 65.2 Å². The Kier molecular flexibility index (Phi) is 7.11. The molecule has 0 aliphatic heterocycles. The van der Waals surface area contributed by atoms with Gasteiger partial charge in [-0.3, -0.25) is 9.59 Å². The minimum Gasteiger partial charge on any atom is -0.478 e. The maximum absolute atomic E-state index is 12.6. The summed E-state index contributed by atoms with van der Waals surface area (Å²) in [4.78, 5) is 38.0. The Morgan fingerprint density at radius 1 is 0.889 bits per heavy atom. The summed E-state index contributed by atoms with van der Waals surface area (Å²) in [5.41, 5.74) is 1.08. The summed E-state index contributed by atoms with van der Waals surface area (Å²) in [6, 6.07) is 12.6. The fourth-order valence-corrected chi connectivity index (χ4v) is 2.80. The molecule has 2 aromatic carbocycles. The Morgan fingerprint density at radius 3 is 1.96 bits per heavy atom. The van der Waals surface area contributed by atoms with Gasteiger partial charge in [0.2, 0.25) is 0 Å². The topological polar surface area (TPSA) is 86.7 Å². The van der Waals surface area contributed by atoms with E-state index in [0.29, 0.717) is 24.3 Å². The van der Waals surface area contributed by atoms with Gasteiger partial charge in [0.15, 0.2) is 0 Å². The molecular weight excluding hydrogens is 344 g/mol. The zero-order valence-corrected chi connectivity index (χ0v) is 15.6. The van der Waals surface area contributed by atoms with Crippen molar-refractivity contribution in [1.29, 1.82) is 0 Å². The lowest BCUT2D eigenvalue weighted by Gasteiger charge is -2.21. The van der Waals surface area contributed by atoms with Gasteiger partial charge >= 0.3 is 5.97 Å². The van der Waals surface area contributed by atoms with Gasteiger partial charge in [-0.05, 0) is 49.2 Å². The highest BCUT2D eigenvalue weighted by Gasteiger charge is 2.17. The van der Waals surface area contributed by atoms with E-state index in [1.54, 1.807) is 36.4 Å². The fourth-order valence-electron chi connectivity index (χ4n) is 2.80. The number of anilines is 1. The number of amides is 2. The molecule has 2 amide bonds. The van der Waals surface area contributed by atoms with Crippen LogP contribution < -0.4 is 5.32 Å². The van der Waals surface area contributed by atoms with Crippen LogP contribution in [0.2, 0.25) is 0 Å². The van der Waals surface area contributed by atoms with E-state index in [0.717, 1.165) is 12.8 Å². The molecule has 0 atom stereocenters. The lowest BCUT2D eigenvalue weighted by molar-refractivity contribution is 0.0691. The first kappa shape index (κ1) is 20.2. The molecule has 6 nitrogen and oxygen atoms in total. The minimum atomic E-state index is -1.16. The third kappa shape index (κ3) is 5.17. The Balaban J connectivity index is 2.13. The van der Waals surface area contributed by atoms with E-state index >= 15 is 0 Å². The highest BCUT2D eigenvalue weighted by molar-refractivity contribution is 6.10. The Bertz CT molecular complexity index is 809. The van der Waals surface area contributed by atoms with Gasteiger partial charge in [-0.15, -0.1) is 0 Å². The molecule has 2 N–H and O–H groups in total. The van der Waals surface area contributed by atoms with Crippen molar-refractivity contribution in [1.82, 2.24) is 4.90 Å². The van der Waals surface area contributed by atoms with E-state index in [1.807, 2.05) is 18.7 Å². The van der Waals surface area contributed by atoms with E-state index in [9.17, 15) is 19.5 Å². The summed E-state index contributed by atoms with van der Waals surface area (Å²) in [6.07, 6.45) is 1.78. The standard InChI is InChI=1S/C21H24N2O4/c1-3-13-23(14-4-2)20(25)15-9-11-16(12-10-15)22-19(24)17-7-5-6-8-18(17)21(26)27/h5-12H,3-4,13-14H2,1-2H3,(H,22,24)(H,26,27). The molecule has 2 rings (SSSR count). The monoisotopic (exact) mass is 368 g/mol. The van der Waals surface area contributed by atoms with E-state index in [-0.39, 0.29) is 17.0 Å². The first-order valence-corrected chi connectivity index (χ1v) is 9.00. The molecule has 0 heterocycles. The van der Waals surface area contributed by atoms with Crippen LogP contribution in [-0.4, -0.2) is 40.9 Å². The molecule has 0 saturated carbocycles. The average Bonchev–Trinajstić information content (AvgIpc) is 2.67. The van der Waals surface area contributed by atoms with Crippen molar-refractivity contribution in [3.63, 3.8) is 0 Å². The normalized spacial score (nSPS) is 10.3. The minimum absolute atomic E-state index is 0.0344. The number of nitrogens with one attached hydrogen (secondary N) is 1. The Labute approximate surface area is 158 Å². The lowest BCUT2D eigenvalue weighted by Crippen LogP contribution is -2.32. The van der Waals surface area contributed by atoms with Crippen molar-refractivity contribution in [2.24, 2.45) is 0 Å². The molecule has 6 heteroatoms. The summed E-state index contributed by atoms with van der Waals surface area (Å²) in [5, 5.41) is 11.9. The molecule has 142 valence electrons. The average molecular weight is 368 g/mol. The van der Waals surface area contributed by atoms with Gasteiger partial charge in [0.05, 0.1) is 11.1 Å². The second-order valence-corrected chi connectivity index (χ2v) is 6.17. The molecule has 0 spiro atoms. The van der Waals surface area contributed by atoms with Crippen LogP contribution in [0.3, 0.4) is 0 Å². The molecule has 2 aromatic rings. The Hall–Kier alpha value is -3.15. The van der Waals surface area contributed by atoms with Crippen LogP contribution in [0.25, 0.3) is 0 Å². The van der Waals surface area contributed by atoms with E-state index in [2.05, 4.69) is 5.32 Å². The molecule has 27 heavy (non-hydrogen) atoms. The SMILES string of the molecule is CCCN(CCC)C(=O)c1ccc(NC(=O)c2ccccc2C(=O)O)cc1. The van der Waals surface area contributed by atoms with Gasteiger partial charge in [-0.1, -0.05) is 26.0 Å². The highest BCUT2D eigenvalue weighted by atomic mass is 16.4. The molecule has 0 bridgehead atoms. The third-order valence-electron chi connectivity index (χ3n) is 4.07. The van der Waals surface area contributed by atoms with Crippen molar-refractivity contribution in [3.8, 4) is 0 Å². The predicted molar refractivity (Wildman–Crippen MR) is 104 cm³/mol. The van der Waals surface area contributed by atoms with Gasteiger partial charge in [0.25, 0.3) is 11.8 Å². The van der Waals surface area contributed by atoms with Crippen molar-refractivity contribution >= 4 is 23.5 Å². The number of benzene rings is 2. The van der Waals surface area contributed by atoms with Crippen LogP contribution in [0, 0.1) is 0 Å². The first-order valence-electron chi connectivity index (χ1n) is 9.00. The number of carboxylic acids is 1. The van der Waals surface area contributed by atoms with Crippen molar-refractivity contribution in [2.45, 2.75) is 26.7 Å². The molecular formula is C21H24N2O4. The second-order valence-electron chi connectivity index (χ2n) is 6.17. The lowest BCUT2D eigenvalue weighted by atomic mass is 10.1. The van der Waals surface area contributed by atoms with Crippen LogP contribution in [0.15, 0.2) is 48.5 Å². The number of carbonyl (C=O) groups is 3. The summed E-state index contributed by atoms with van der Waals surface area (Å²) >= 11 is 0. The largest absolute Gasteiger partial charge is 0.478 e. The van der Waals surface area contributed by atoms with E-state index in [1.165, 1.54) is 12.1 Å². The van der Waals surface area contributed by atoms with Crippen molar-refractivity contribution < 1.29 is 19.5 Å². The van der Waals surface area contributed by atoms with E-state index in [4.69, 9.17) is 0 Å². The summed E-state index contributed by atoms with van der Waals surface area (Å²) in [5.74, 6) is -1.70. The molecule has 0 radical (unpaired) electrons. The van der Waals surface area contributed by atoms with Gasteiger partial charge in [0, 0.05) is 24.3 Å². The number of hydrogen-bond acceptors (Lipinski definition) is 3. The summed E-state index contributed by atoms with van der Waals surface area (Å²) in [7, 11) is 0. The second kappa shape index (κ2) is 9.52. The molecule has 0 unspecified atom stereocenters. The van der Waals surface area contributed by atoms with Gasteiger partial charge in [-0.25, -0.2) is 4.79 Å². The van der Waals surface area contributed by atoms with Crippen LogP contribution in [0.5, 0.6) is 0 Å². The fraction of sp³-hybridized carbons (Fsp3) is 0.286. The number of rotatable bonds is 8. The van der Waals surface area contributed by atoms with Crippen LogP contribution in [0.1, 0.15) is 57.8 Å². The first-order chi connectivity index (χ1) is 13.0. The maximum Gasteiger partial charge on any atom is 0.336 e. The molecule has 0 aliphatic carbocycles. The summed E-state index contributed by atoms with van der Waals surface area (Å²) in [6.45, 7) is 5.47. The van der Waals surface area contributed by atoms with E-state index < -0.39 is 11.9 Å². The molecule has 0 saturated heterocycles. The van der Waals surface area contributed by atoms with Crippen LogP contribution in [-0.2, 0) is 0 Å². The molecule has 0 fully saturated rings. The van der Waals surface area contributed by atoms with Gasteiger partial charge in [-0.2, -0.15) is 0 Å². The zero-order valence-electron chi connectivity index (χ0n) is 15.6. The summed E-state index contributed by atoms with van der Waals surface area (Å²) < 4.78 is 0.